The van der Waals surface area contributed by atoms with Gasteiger partial charge in [0.1, 0.15) is 5.69 Å². The molecule has 0 bridgehead atoms. The highest BCUT2D eigenvalue weighted by molar-refractivity contribution is 6.42. The number of carbonyl (C=O) groups excluding carboxylic acids is 1. The number of urea groups is 1. The van der Waals surface area contributed by atoms with Gasteiger partial charge in [0.25, 0.3) is 5.69 Å². The molecular weight excluding hydrogens is 415 g/mol. The Balaban J connectivity index is 1.64. The van der Waals surface area contributed by atoms with Crippen molar-refractivity contribution >= 4 is 57.9 Å². The second-order valence-corrected chi connectivity index (χ2v) is 7.17. The highest BCUT2D eigenvalue weighted by atomic mass is 35.5. The van der Waals surface area contributed by atoms with Crippen LogP contribution in [0.25, 0.3) is 0 Å². The zero-order chi connectivity index (χ0) is 19.6. The van der Waals surface area contributed by atoms with Crippen LogP contribution < -0.4 is 10.2 Å². The molecule has 1 heterocycles. The van der Waals surface area contributed by atoms with Crippen molar-refractivity contribution in [3.8, 4) is 0 Å². The first kappa shape index (κ1) is 19.5. The van der Waals surface area contributed by atoms with Gasteiger partial charge in [-0.25, -0.2) is 4.79 Å². The van der Waals surface area contributed by atoms with Crippen molar-refractivity contribution in [2.75, 3.05) is 36.4 Å². The molecular formula is C17H15Cl3N4O3. The summed E-state index contributed by atoms with van der Waals surface area (Å²) in [6.45, 7) is 1.79. The normalized spacial score (nSPS) is 14.2. The third-order valence-electron chi connectivity index (χ3n) is 4.21. The lowest BCUT2D eigenvalue weighted by atomic mass is 10.2. The highest BCUT2D eigenvalue weighted by Gasteiger charge is 2.26. The first-order chi connectivity index (χ1) is 12.8. The molecule has 2 amide bonds. The van der Waals surface area contributed by atoms with Gasteiger partial charge >= 0.3 is 6.03 Å². The third-order valence-corrected chi connectivity index (χ3v) is 5.19. The fourth-order valence-electron chi connectivity index (χ4n) is 2.84. The molecule has 0 aliphatic carbocycles. The summed E-state index contributed by atoms with van der Waals surface area (Å²) in [6, 6.07) is 9.17. The lowest BCUT2D eigenvalue weighted by molar-refractivity contribution is -0.384. The maximum absolute atomic E-state index is 12.4. The number of nitrogens with zero attached hydrogens (tertiary/aromatic N) is 3. The topological polar surface area (TPSA) is 78.7 Å². The van der Waals surface area contributed by atoms with Crippen LogP contribution in [0.15, 0.2) is 36.4 Å². The van der Waals surface area contributed by atoms with E-state index in [0.29, 0.717) is 52.6 Å². The number of anilines is 2. The molecule has 0 radical (unpaired) electrons. The molecule has 0 aromatic heterocycles. The number of nitrogens with one attached hydrogen (secondary N) is 1. The summed E-state index contributed by atoms with van der Waals surface area (Å²) in [5, 5.41) is 15.1. The number of halogens is 3. The van der Waals surface area contributed by atoms with Crippen LogP contribution in [0.2, 0.25) is 15.1 Å². The van der Waals surface area contributed by atoms with Gasteiger partial charge in [-0.05, 0) is 30.3 Å². The Morgan fingerprint density at radius 2 is 1.70 bits per heavy atom. The second-order valence-electron chi connectivity index (χ2n) is 5.92. The molecule has 3 rings (SSSR count). The van der Waals surface area contributed by atoms with Crippen molar-refractivity contribution in [1.82, 2.24) is 4.90 Å². The van der Waals surface area contributed by atoms with E-state index >= 15 is 0 Å². The van der Waals surface area contributed by atoms with Crippen molar-refractivity contribution in [2.45, 2.75) is 0 Å². The minimum absolute atomic E-state index is 0.0452. The molecule has 142 valence electrons. The summed E-state index contributed by atoms with van der Waals surface area (Å²) in [4.78, 5) is 26.7. The number of amides is 2. The van der Waals surface area contributed by atoms with Gasteiger partial charge in [-0.3, -0.25) is 10.1 Å². The SMILES string of the molecule is O=C(Nc1ccc(Cl)c(Cl)c1)N1CCN(c2ccc(Cl)cc2[N+](=O)[O-])CC1. The lowest BCUT2D eigenvalue weighted by Gasteiger charge is -2.35. The molecule has 2 aromatic carbocycles. The molecule has 1 aliphatic heterocycles. The van der Waals surface area contributed by atoms with Crippen molar-refractivity contribution in [1.29, 1.82) is 0 Å². The van der Waals surface area contributed by atoms with E-state index in [1.807, 2.05) is 4.90 Å². The largest absolute Gasteiger partial charge is 0.362 e. The van der Waals surface area contributed by atoms with Crippen molar-refractivity contribution in [3.05, 3.63) is 61.6 Å². The molecule has 7 nitrogen and oxygen atoms in total. The average Bonchev–Trinajstić information content (AvgIpc) is 2.65. The van der Waals surface area contributed by atoms with Gasteiger partial charge in [-0.15, -0.1) is 0 Å². The van der Waals surface area contributed by atoms with Crippen LogP contribution in [-0.4, -0.2) is 42.0 Å². The summed E-state index contributed by atoms with van der Waals surface area (Å²) in [5.41, 5.74) is 0.996. The fourth-order valence-corrected chi connectivity index (χ4v) is 3.30. The highest BCUT2D eigenvalue weighted by Crippen LogP contribution is 2.31. The number of nitro benzene ring substituents is 1. The lowest BCUT2D eigenvalue weighted by Crippen LogP contribution is -2.50. The summed E-state index contributed by atoms with van der Waals surface area (Å²) in [5.74, 6) is 0. The number of hydrogen-bond donors (Lipinski definition) is 1. The number of carbonyl (C=O) groups is 1. The summed E-state index contributed by atoms with van der Waals surface area (Å²) >= 11 is 17.7. The van der Waals surface area contributed by atoms with E-state index in [4.69, 9.17) is 34.8 Å². The van der Waals surface area contributed by atoms with Gasteiger partial charge in [0, 0.05) is 43.0 Å². The number of piperazine rings is 1. The van der Waals surface area contributed by atoms with Crippen molar-refractivity contribution in [3.63, 3.8) is 0 Å². The minimum Gasteiger partial charge on any atom is -0.362 e. The van der Waals surface area contributed by atoms with Crippen LogP contribution in [0.1, 0.15) is 0 Å². The molecule has 1 aliphatic rings. The van der Waals surface area contributed by atoms with E-state index in [-0.39, 0.29) is 11.7 Å². The van der Waals surface area contributed by atoms with Crippen LogP contribution in [0.3, 0.4) is 0 Å². The average molecular weight is 430 g/mol. The Kier molecular flexibility index (Phi) is 5.94. The molecule has 0 spiro atoms. The minimum atomic E-state index is -0.454. The van der Waals surface area contributed by atoms with E-state index in [2.05, 4.69) is 5.32 Å². The van der Waals surface area contributed by atoms with Crippen LogP contribution in [0.5, 0.6) is 0 Å². The van der Waals surface area contributed by atoms with Gasteiger partial charge in [0.15, 0.2) is 0 Å². The van der Waals surface area contributed by atoms with Crippen LogP contribution >= 0.6 is 34.8 Å². The summed E-state index contributed by atoms with van der Waals surface area (Å²) in [7, 11) is 0. The van der Waals surface area contributed by atoms with E-state index in [1.54, 1.807) is 35.2 Å². The quantitative estimate of drug-likeness (QED) is 0.555. The predicted molar refractivity (Wildman–Crippen MR) is 107 cm³/mol. The van der Waals surface area contributed by atoms with Gasteiger partial charge in [-0.1, -0.05) is 34.8 Å². The Morgan fingerprint density at radius 3 is 2.33 bits per heavy atom. The summed E-state index contributed by atoms with van der Waals surface area (Å²) < 4.78 is 0. The van der Waals surface area contributed by atoms with Gasteiger partial charge < -0.3 is 15.1 Å². The van der Waals surface area contributed by atoms with Gasteiger partial charge in [0.05, 0.1) is 15.0 Å². The monoisotopic (exact) mass is 428 g/mol. The maximum atomic E-state index is 12.4. The smallest absolute Gasteiger partial charge is 0.321 e. The number of nitro groups is 1. The maximum Gasteiger partial charge on any atom is 0.321 e. The second kappa shape index (κ2) is 8.21. The third kappa shape index (κ3) is 4.55. The zero-order valence-corrected chi connectivity index (χ0v) is 16.3. The van der Waals surface area contributed by atoms with Crippen molar-refractivity contribution < 1.29 is 9.72 Å². The van der Waals surface area contributed by atoms with E-state index in [9.17, 15) is 14.9 Å². The van der Waals surface area contributed by atoms with Crippen LogP contribution in [0, 0.1) is 10.1 Å². The predicted octanol–water partition coefficient (Wildman–Crippen LogP) is 4.91. The number of hydrogen-bond acceptors (Lipinski definition) is 4. The molecule has 10 heteroatoms. The fraction of sp³-hybridized carbons (Fsp3) is 0.235. The molecule has 2 aromatic rings. The summed E-state index contributed by atoms with van der Waals surface area (Å²) in [6.07, 6.45) is 0. The van der Waals surface area contributed by atoms with E-state index in [1.165, 1.54) is 6.07 Å². The van der Waals surface area contributed by atoms with Gasteiger partial charge in [0.2, 0.25) is 0 Å². The van der Waals surface area contributed by atoms with Gasteiger partial charge in [-0.2, -0.15) is 0 Å². The number of rotatable bonds is 3. The van der Waals surface area contributed by atoms with E-state index < -0.39 is 4.92 Å². The Hall–Kier alpha value is -2.22. The van der Waals surface area contributed by atoms with Crippen LogP contribution in [0.4, 0.5) is 21.9 Å². The molecule has 0 unspecified atom stereocenters. The number of benzene rings is 2. The first-order valence-electron chi connectivity index (χ1n) is 8.05. The van der Waals surface area contributed by atoms with Crippen LogP contribution in [-0.2, 0) is 0 Å². The standard InChI is InChI=1S/C17H15Cl3N4O3/c18-11-1-4-15(16(9-11)24(26)27)22-5-7-23(8-6-22)17(25)21-12-2-3-13(19)14(20)10-12/h1-4,9-10H,5-8H2,(H,21,25). The molecule has 0 saturated carbocycles. The first-order valence-corrected chi connectivity index (χ1v) is 9.18. The Labute approximate surface area is 170 Å². The molecule has 1 N–H and O–H groups in total. The zero-order valence-electron chi connectivity index (χ0n) is 14.0. The molecule has 27 heavy (non-hydrogen) atoms. The Bertz CT molecular complexity index is 886. The molecule has 1 fully saturated rings. The Morgan fingerprint density at radius 1 is 1.00 bits per heavy atom. The van der Waals surface area contributed by atoms with E-state index in [0.717, 1.165) is 0 Å². The molecule has 0 atom stereocenters. The van der Waals surface area contributed by atoms with Crippen molar-refractivity contribution in [2.24, 2.45) is 0 Å². The molecule has 1 saturated heterocycles.